The van der Waals surface area contributed by atoms with Crippen LogP contribution in [0.1, 0.15) is 46.1 Å². The zero-order valence-electron chi connectivity index (χ0n) is 13.8. The molecule has 0 aliphatic carbocycles. The highest BCUT2D eigenvalue weighted by molar-refractivity contribution is 7.84. The van der Waals surface area contributed by atoms with Crippen molar-refractivity contribution in [3.05, 3.63) is 39.7 Å². The highest BCUT2D eigenvalue weighted by Crippen LogP contribution is 2.34. The lowest BCUT2D eigenvalue weighted by Gasteiger charge is -2.36. The van der Waals surface area contributed by atoms with E-state index in [1.807, 2.05) is 0 Å². The van der Waals surface area contributed by atoms with E-state index in [2.05, 4.69) is 4.72 Å². The molecule has 2 N–H and O–H groups in total. The molecular formula is C15H23FN2O4S. The Hall–Kier alpha value is -1.38. The van der Waals surface area contributed by atoms with Gasteiger partial charge < -0.3 is 5.11 Å². The van der Waals surface area contributed by atoms with Gasteiger partial charge in [-0.1, -0.05) is 6.92 Å². The van der Waals surface area contributed by atoms with Crippen LogP contribution in [-0.4, -0.2) is 25.6 Å². The number of aliphatic hydroxyl groups excluding tert-OH is 1. The standard InChI is InChI=1S/C15H23FN2O4S/c1-5-15(8-9-19,17-23(22)14(2,3)4)12-10-11(18(20)21)6-7-13(12)16/h6-7,10,17,19H,5,8-9H2,1-4H3. The quantitative estimate of drug-likeness (QED) is 0.586. The molecule has 1 aromatic rings. The molecule has 0 saturated carbocycles. The van der Waals surface area contributed by atoms with E-state index in [1.54, 1.807) is 27.7 Å². The van der Waals surface area contributed by atoms with Crippen LogP contribution in [0.3, 0.4) is 0 Å². The molecule has 0 heterocycles. The maximum absolute atomic E-state index is 14.3. The van der Waals surface area contributed by atoms with E-state index in [4.69, 9.17) is 0 Å². The number of halogens is 1. The number of non-ortho nitro benzene ring substituents is 1. The number of rotatable bonds is 7. The van der Waals surface area contributed by atoms with Crippen molar-refractivity contribution in [3.63, 3.8) is 0 Å². The summed E-state index contributed by atoms with van der Waals surface area (Å²) in [4.78, 5) is 10.4. The summed E-state index contributed by atoms with van der Waals surface area (Å²) in [6.07, 6.45) is 0.400. The van der Waals surface area contributed by atoms with Crippen LogP contribution in [0, 0.1) is 15.9 Å². The molecule has 0 bridgehead atoms. The summed E-state index contributed by atoms with van der Waals surface area (Å²) in [5.41, 5.74) is -1.36. The zero-order chi connectivity index (χ0) is 17.8. The van der Waals surface area contributed by atoms with Crippen LogP contribution in [0.25, 0.3) is 0 Å². The molecule has 0 fully saturated rings. The van der Waals surface area contributed by atoms with Gasteiger partial charge in [0.15, 0.2) is 0 Å². The van der Waals surface area contributed by atoms with Gasteiger partial charge in [-0.2, -0.15) is 0 Å². The van der Waals surface area contributed by atoms with Crippen LogP contribution in [0.15, 0.2) is 18.2 Å². The Morgan fingerprint density at radius 1 is 1.39 bits per heavy atom. The van der Waals surface area contributed by atoms with Gasteiger partial charge in [0, 0.05) is 24.3 Å². The first-order valence-corrected chi connectivity index (χ1v) is 8.47. The molecule has 6 nitrogen and oxygen atoms in total. The van der Waals surface area contributed by atoms with Crippen LogP contribution in [-0.2, 0) is 16.5 Å². The minimum Gasteiger partial charge on any atom is -0.396 e. The Morgan fingerprint density at radius 3 is 2.43 bits per heavy atom. The summed E-state index contributed by atoms with van der Waals surface area (Å²) >= 11 is 0. The van der Waals surface area contributed by atoms with Gasteiger partial charge in [-0.15, -0.1) is 0 Å². The SMILES string of the molecule is CCC(CCO)(NS(=O)C(C)(C)C)c1cc([N+](=O)[O-])ccc1F. The van der Waals surface area contributed by atoms with E-state index in [0.717, 1.165) is 18.2 Å². The van der Waals surface area contributed by atoms with E-state index >= 15 is 0 Å². The third kappa shape index (κ3) is 4.55. The van der Waals surface area contributed by atoms with Crippen LogP contribution in [0.2, 0.25) is 0 Å². The zero-order valence-corrected chi connectivity index (χ0v) is 14.6. The summed E-state index contributed by atoms with van der Waals surface area (Å²) in [7, 11) is -1.53. The Bertz CT molecular complexity index is 604. The number of nitro benzene ring substituents is 1. The van der Waals surface area contributed by atoms with Crippen LogP contribution in [0.5, 0.6) is 0 Å². The van der Waals surface area contributed by atoms with Gasteiger partial charge in [0.25, 0.3) is 5.69 Å². The summed E-state index contributed by atoms with van der Waals surface area (Å²) in [6.45, 7) is 6.77. The normalized spacial score (nSPS) is 15.9. The van der Waals surface area contributed by atoms with Gasteiger partial charge in [0.1, 0.15) is 5.82 Å². The second-order valence-corrected chi connectivity index (χ2v) is 8.28. The van der Waals surface area contributed by atoms with Gasteiger partial charge in [-0.25, -0.2) is 13.3 Å². The molecule has 0 radical (unpaired) electrons. The third-order valence-corrected chi connectivity index (χ3v) is 5.35. The van der Waals surface area contributed by atoms with Gasteiger partial charge >= 0.3 is 0 Å². The van der Waals surface area contributed by atoms with Crippen molar-refractivity contribution in [2.24, 2.45) is 0 Å². The minimum atomic E-state index is -1.53. The van der Waals surface area contributed by atoms with E-state index in [9.17, 15) is 23.8 Å². The lowest BCUT2D eigenvalue weighted by Crippen LogP contribution is -2.48. The topological polar surface area (TPSA) is 92.5 Å². The molecule has 2 unspecified atom stereocenters. The van der Waals surface area contributed by atoms with Crippen molar-refractivity contribution in [1.29, 1.82) is 0 Å². The second-order valence-electron chi connectivity index (χ2n) is 6.31. The predicted octanol–water partition coefficient (Wildman–Crippen LogP) is 2.77. The van der Waals surface area contributed by atoms with Gasteiger partial charge in [-0.05, 0) is 39.7 Å². The molecule has 0 aromatic heterocycles. The highest BCUT2D eigenvalue weighted by Gasteiger charge is 2.37. The number of aliphatic hydroxyl groups is 1. The summed E-state index contributed by atoms with van der Waals surface area (Å²) in [5, 5.41) is 20.4. The minimum absolute atomic E-state index is 0.0425. The lowest BCUT2D eigenvalue weighted by molar-refractivity contribution is -0.385. The molecule has 130 valence electrons. The first kappa shape index (κ1) is 19.7. The van der Waals surface area contributed by atoms with Crippen molar-refractivity contribution in [1.82, 2.24) is 4.72 Å². The molecule has 23 heavy (non-hydrogen) atoms. The molecule has 0 saturated heterocycles. The highest BCUT2D eigenvalue weighted by atomic mass is 32.2. The maximum Gasteiger partial charge on any atom is 0.269 e. The molecule has 0 aliphatic rings. The fraction of sp³-hybridized carbons (Fsp3) is 0.600. The Kier molecular flexibility index (Phi) is 6.38. The molecule has 0 spiro atoms. The molecule has 1 aromatic carbocycles. The predicted molar refractivity (Wildman–Crippen MR) is 87.8 cm³/mol. The van der Waals surface area contributed by atoms with Gasteiger partial charge in [0.2, 0.25) is 0 Å². The van der Waals surface area contributed by atoms with E-state index in [1.165, 1.54) is 0 Å². The van der Waals surface area contributed by atoms with E-state index in [0.29, 0.717) is 6.42 Å². The first-order valence-electron chi connectivity index (χ1n) is 7.32. The molecule has 0 aliphatic heterocycles. The average Bonchev–Trinajstić information content (AvgIpc) is 2.45. The molecule has 1 rings (SSSR count). The number of nitrogens with one attached hydrogen (secondary N) is 1. The molecular weight excluding hydrogens is 323 g/mol. The number of benzene rings is 1. The largest absolute Gasteiger partial charge is 0.396 e. The Morgan fingerprint density at radius 2 is 2.00 bits per heavy atom. The fourth-order valence-electron chi connectivity index (χ4n) is 2.20. The molecule has 8 heteroatoms. The second kappa shape index (κ2) is 7.46. The van der Waals surface area contributed by atoms with Crippen molar-refractivity contribution < 1.29 is 18.6 Å². The first-order chi connectivity index (χ1) is 10.6. The van der Waals surface area contributed by atoms with E-state index < -0.39 is 32.0 Å². The van der Waals surface area contributed by atoms with Crippen LogP contribution in [0.4, 0.5) is 10.1 Å². The van der Waals surface area contributed by atoms with Crippen molar-refractivity contribution >= 4 is 16.7 Å². The van der Waals surface area contributed by atoms with Gasteiger partial charge in [-0.3, -0.25) is 10.1 Å². The summed E-state index contributed by atoms with van der Waals surface area (Å²) in [5.74, 6) is -0.635. The summed E-state index contributed by atoms with van der Waals surface area (Å²) < 4.78 is 29.1. The maximum atomic E-state index is 14.3. The van der Waals surface area contributed by atoms with Crippen LogP contribution >= 0.6 is 0 Å². The molecule has 2 atom stereocenters. The number of hydrogen-bond acceptors (Lipinski definition) is 4. The van der Waals surface area contributed by atoms with Crippen molar-refractivity contribution in [2.45, 2.75) is 50.8 Å². The Labute approximate surface area is 137 Å². The number of hydrogen-bond donors (Lipinski definition) is 2. The fourth-order valence-corrected chi connectivity index (χ4v) is 3.21. The smallest absolute Gasteiger partial charge is 0.269 e. The van der Waals surface area contributed by atoms with Crippen molar-refractivity contribution in [2.75, 3.05) is 6.61 Å². The molecule has 0 amide bonds. The van der Waals surface area contributed by atoms with Crippen molar-refractivity contribution in [3.8, 4) is 0 Å². The summed E-state index contributed by atoms with van der Waals surface area (Å²) in [6, 6.07) is 3.25. The average molecular weight is 346 g/mol. The third-order valence-electron chi connectivity index (χ3n) is 3.66. The number of nitrogens with zero attached hydrogens (tertiary/aromatic N) is 1. The lowest BCUT2D eigenvalue weighted by atomic mass is 9.85. The monoisotopic (exact) mass is 346 g/mol. The van der Waals surface area contributed by atoms with Gasteiger partial charge in [0.05, 0.1) is 26.2 Å². The van der Waals surface area contributed by atoms with Crippen LogP contribution < -0.4 is 4.72 Å². The Balaban J connectivity index is 3.44. The number of nitro groups is 1. The van der Waals surface area contributed by atoms with E-state index in [-0.39, 0.29) is 24.3 Å².